The maximum atomic E-state index is 13.4. The Balaban J connectivity index is 2.17. The Hall–Kier alpha value is -1.89. The zero-order valence-corrected chi connectivity index (χ0v) is 19.8. The Labute approximate surface area is 192 Å². The van der Waals surface area contributed by atoms with Crippen LogP contribution >= 0.6 is 0 Å². The number of rotatable bonds is 12. The van der Waals surface area contributed by atoms with Crippen LogP contribution in [-0.4, -0.2) is 35.1 Å². The molecular formula is C25H42N2O5. The van der Waals surface area contributed by atoms with Crippen molar-refractivity contribution in [2.75, 3.05) is 0 Å². The summed E-state index contributed by atoms with van der Waals surface area (Å²) in [6, 6.07) is -0.706. The molecule has 2 rings (SSSR count). The van der Waals surface area contributed by atoms with Crippen LogP contribution in [0.2, 0.25) is 0 Å². The topological polar surface area (TPSA) is 105 Å². The highest BCUT2D eigenvalue weighted by Gasteiger charge is 2.37. The predicted molar refractivity (Wildman–Crippen MR) is 123 cm³/mol. The van der Waals surface area contributed by atoms with Gasteiger partial charge in [-0.15, -0.1) is 6.58 Å². The van der Waals surface area contributed by atoms with E-state index in [2.05, 4.69) is 11.9 Å². The molecule has 0 heterocycles. The van der Waals surface area contributed by atoms with Gasteiger partial charge in [-0.05, 0) is 56.8 Å². The molecule has 3 atom stereocenters. The Morgan fingerprint density at radius 2 is 1.62 bits per heavy atom. The lowest BCUT2D eigenvalue weighted by atomic mass is 9.81. The van der Waals surface area contributed by atoms with Crippen molar-refractivity contribution in [3.8, 4) is 0 Å². The van der Waals surface area contributed by atoms with Crippen molar-refractivity contribution in [2.24, 2.45) is 23.7 Å². The molecule has 2 aliphatic rings. The molecule has 2 fully saturated rings. The molecule has 0 bridgehead atoms. The van der Waals surface area contributed by atoms with Gasteiger partial charge in [-0.3, -0.25) is 14.8 Å². The van der Waals surface area contributed by atoms with Crippen molar-refractivity contribution in [3.63, 3.8) is 0 Å². The lowest BCUT2D eigenvalue weighted by Crippen LogP contribution is -2.49. The highest BCUT2D eigenvalue weighted by atomic mass is 16.5. The highest BCUT2D eigenvalue weighted by Crippen LogP contribution is 2.30. The van der Waals surface area contributed by atoms with E-state index in [1.807, 2.05) is 13.8 Å². The number of amides is 2. The summed E-state index contributed by atoms with van der Waals surface area (Å²) in [5.74, 6) is -2.17. The van der Waals surface area contributed by atoms with E-state index < -0.39 is 23.8 Å². The summed E-state index contributed by atoms with van der Waals surface area (Å²) < 4.78 is 5.76. The molecule has 182 valence electrons. The second kappa shape index (κ2) is 13.6. The van der Waals surface area contributed by atoms with Crippen LogP contribution in [0, 0.1) is 23.7 Å². The summed E-state index contributed by atoms with van der Waals surface area (Å²) in [5.41, 5.74) is 1.69. The zero-order chi connectivity index (χ0) is 23.5. The maximum Gasteiger partial charge on any atom is 0.328 e. The fourth-order valence-corrected chi connectivity index (χ4v) is 5.18. The van der Waals surface area contributed by atoms with Gasteiger partial charge in [0.1, 0.15) is 12.1 Å². The van der Waals surface area contributed by atoms with Crippen molar-refractivity contribution in [1.82, 2.24) is 10.8 Å². The molecule has 0 radical (unpaired) electrons. The van der Waals surface area contributed by atoms with Crippen LogP contribution in [0.15, 0.2) is 12.7 Å². The summed E-state index contributed by atoms with van der Waals surface area (Å²) in [5, 5.41) is 12.2. The van der Waals surface area contributed by atoms with E-state index in [1.165, 1.54) is 6.42 Å². The van der Waals surface area contributed by atoms with Crippen molar-refractivity contribution in [1.29, 1.82) is 0 Å². The standard InChI is InChI=1S/C25H42N2O5/c1-4-10-20(24(29)27-31)21(15-17(2)3)23(28)26-22(16-18-11-6-5-7-12-18)25(30)32-19-13-8-9-14-19/h4,17-22,31H,1,5-16H2,2-3H3,(H,26,28)(H,27,29)/t20-,21+,22?/m0/s1. The first-order valence-electron chi connectivity index (χ1n) is 12.4. The first-order chi connectivity index (χ1) is 15.3. The van der Waals surface area contributed by atoms with E-state index in [4.69, 9.17) is 4.74 Å². The molecule has 2 aliphatic carbocycles. The average Bonchev–Trinajstić information content (AvgIpc) is 3.28. The highest BCUT2D eigenvalue weighted by molar-refractivity contribution is 5.90. The van der Waals surface area contributed by atoms with Gasteiger partial charge in [-0.25, -0.2) is 10.3 Å². The predicted octanol–water partition coefficient (Wildman–Crippen LogP) is 4.29. The van der Waals surface area contributed by atoms with Crippen LogP contribution in [0.4, 0.5) is 0 Å². The van der Waals surface area contributed by atoms with Gasteiger partial charge in [0.05, 0.1) is 11.8 Å². The third-order valence-electron chi connectivity index (χ3n) is 6.90. The number of hydrogen-bond donors (Lipinski definition) is 3. The minimum absolute atomic E-state index is 0.0617. The number of hydrogen-bond acceptors (Lipinski definition) is 5. The van der Waals surface area contributed by atoms with Gasteiger partial charge >= 0.3 is 5.97 Å². The van der Waals surface area contributed by atoms with Crippen molar-refractivity contribution >= 4 is 17.8 Å². The molecule has 0 spiro atoms. The van der Waals surface area contributed by atoms with Gasteiger partial charge in [0.2, 0.25) is 11.8 Å². The lowest BCUT2D eigenvalue weighted by molar-refractivity contribution is -0.154. The van der Waals surface area contributed by atoms with E-state index in [1.54, 1.807) is 11.6 Å². The molecule has 0 saturated heterocycles. The Morgan fingerprint density at radius 1 is 1.00 bits per heavy atom. The minimum Gasteiger partial charge on any atom is -0.461 e. The minimum atomic E-state index is -0.749. The molecule has 0 aromatic heterocycles. The second-order valence-electron chi connectivity index (χ2n) is 9.99. The molecular weight excluding hydrogens is 408 g/mol. The number of hydroxylamine groups is 1. The summed E-state index contributed by atoms with van der Waals surface area (Å²) in [6.07, 6.45) is 12.3. The van der Waals surface area contributed by atoms with Crippen molar-refractivity contribution in [3.05, 3.63) is 12.7 Å². The number of carbonyl (C=O) groups excluding carboxylic acids is 3. The first-order valence-corrected chi connectivity index (χ1v) is 12.4. The molecule has 0 aliphatic heterocycles. The van der Waals surface area contributed by atoms with Crippen LogP contribution in [0.1, 0.15) is 90.9 Å². The van der Waals surface area contributed by atoms with Gasteiger partial charge in [-0.2, -0.15) is 0 Å². The normalized spacial score (nSPS) is 20.4. The Bertz CT molecular complexity index is 624. The summed E-state index contributed by atoms with van der Waals surface area (Å²) in [7, 11) is 0. The summed E-state index contributed by atoms with van der Waals surface area (Å²) in [4.78, 5) is 38.8. The van der Waals surface area contributed by atoms with Gasteiger partial charge in [0, 0.05) is 0 Å². The molecule has 2 amide bonds. The monoisotopic (exact) mass is 450 g/mol. The van der Waals surface area contributed by atoms with E-state index >= 15 is 0 Å². The van der Waals surface area contributed by atoms with Crippen LogP contribution in [0.25, 0.3) is 0 Å². The zero-order valence-electron chi connectivity index (χ0n) is 19.8. The van der Waals surface area contributed by atoms with Crippen molar-refractivity contribution in [2.45, 2.75) is 103 Å². The number of nitrogens with one attached hydrogen (secondary N) is 2. The SMILES string of the molecule is C=CC[C@H](C(=O)NO)[C@@H](CC(C)C)C(=O)NC(CC1CCCCC1)C(=O)OC1CCCC1. The van der Waals surface area contributed by atoms with Crippen molar-refractivity contribution < 1.29 is 24.3 Å². The smallest absolute Gasteiger partial charge is 0.328 e. The number of esters is 1. The third-order valence-corrected chi connectivity index (χ3v) is 6.90. The van der Waals surface area contributed by atoms with Crippen LogP contribution in [0.5, 0.6) is 0 Å². The fourth-order valence-electron chi connectivity index (χ4n) is 5.18. The Kier molecular flexibility index (Phi) is 11.2. The van der Waals surface area contributed by atoms with E-state index in [0.717, 1.165) is 51.4 Å². The number of ether oxygens (including phenoxy) is 1. The quantitative estimate of drug-likeness (QED) is 0.178. The molecule has 7 heteroatoms. The number of carbonyl (C=O) groups is 3. The second-order valence-corrected chi connectivity index (χ2v) is 9.99. The summed E-state index contributed by atoms with van der Waals surface area (Å²) in [6.45, 7) is 7.66. The van der Waals surface area contributed by atoms with Gasteiger partial charge < -0.3 is 10.1 Å². The average molecular weight is 451 g/mol. The van der Waals surface area contributed by atoms with Crippen LogP contribution < -0.4 is 10.8 Å². The van der Waals surface area contributed by atoms with Gasteiger partial charge in [0.25, 0.3) is 0 Å². The largest absolute Gasteiger partial charge is 0.461 e. The van der Waals surface area contributed by atoms with E-state index in [0.29, 0.717) is 18.8 Å². The third kappa shape index (κ3) is 8.23. The maximum absolute atomic E-state index is 13.4. The molecule has 2 saturated carbocycles. The van der Waals surface area contributed by atoms with Gasteiger partial charge in [0.15, 0.2) is 0 Å². The van der Waals surface area contributed by atoms with E-state index in [9.17, 15) is 19.6 Å². The molecule has 1 unspecified atom stereocenters. The van der Waals surface area contributed by atoms with E-state index in [-0.39, 0.29) is 30.3 Å². The fraction of sp³-hybridized carbons (Fsp3) is 0.800. The molecule has 0 aromatic rings. The lowest BCUT2D eigenvalue weighted by Gasteiger charge is -2.30. The van der Waals surface area contributed by atoms with Crippen LogP contribution in [0.3, 0.4) is 0 Å². The van der Waals surface area contributed by atoms with Gasteiger partial charge in [-0.1, -0.05) is 52.0 Å². The first kappa shape index (κ1) is 26.4. The molecule has 32 heavy (non-hydrogen) atoms. The number of allylic oxidation sites excluding steroid dienone is 1. The Morgan fingerprint density at radius 3 is 2.19 bits per heavy atom. The summed E-state index contributed by atoms with van der Waals surface area (Å²) >= 11 is 0. The molecule has 3 N–H and O–H groups in total. The van der Waals surface area contributed by atoms with Crippen LogP contribution in [-0.2, 0) is 19.1 Å². The molecule has 7 nitrogen and oxygen atoms in total. The molecule has 0 aromatic carbocycles.